The maximum absolute atomic E-state index is 11.3. The topological polar surface area (TPSA) is 110 Å². The lowest BCUT2D eigenvalue weighted by Crippen LogP contribution is -2.51. The van der Waals surface area contributed by atoms with E-state index in [9.17, 15) is 8.42 Å². The highest BCUT2D eigenvalue weighted by molar-refractivity contribution is 7.87. The van der Waals surface area contributed by atoms with E-state index in [1.165, 1.54) is 0 Å². The monoisotopic (exact) mass is 228 g/mol. The number of nitrogens with two attached hydrogens (primary N) is 2. The van der Waals surface area contributed by atoms with Crippen molar-refractivity contribution in [1.82, 2.24) is 9.44 Å². The third kappa shape index (κ3) is 1.59. The second kappa shape index (κ2) is 2.77. The second-order valence-electron chi connectivity index (χ2n) is 3.72. The standard InChI is InChI=1S/C8H12N4O2S/c1-8(10)4-2-3-5-6(8)7(9)12-15(13,14)11-5/h2-4,11-12H,9-10H2,1H3. The van der Waals surface area contributed by atoms with Gasteiger partial charge in [-0.25, -0.2) is 0 Å². The zero-order valence-corrected chi connectivity index (χ0v) is 8.93. The van der Waals surface area contributed by atoms with Gasteiger partial charge in [-0.15, -0.1) is 0 Å². The molecular weight excluding hydrogens is 216 g/mol. The van der Waals surface area contributed by atoms with Crippen LogP contribution in [0.1, 0.15) is 6.92 Å². The number of hydrogen-bond acceptors (Lipinski definition) is 4. The summed E-state index contributed by atoms with van der Waals surface area (Å²) in [7, 11) is -3.59. The van der Waals surface area contributed by atoms with Crippen molar-refractivity contribution in [2.24, 2.45) is 11.5 Å². The molecule has 1 atom stereocenters. The van der Waals surface area contributed by atoms with Gasteiger partial charge in [-0.2, -0.15) is 8.42 Å². The van der Waals surface area contributed by atoms with Crippen LogP contribution in [0.2, 0.25) is 0 Å². The number of allylic oxidation sites excluding steroid dienone is 2. The fraction of sp³-hybridized carbons (Fsp3) is 0.250. The first-order chi connectivity index (χ1) is 6.82. The molecule has 1 unspecified atom stereocenters. The van der Waals surface area contributed by atoms with E-state index in [2.05, 4.69) is 9.44 Å². The van der Waals surface area contributed by atoms with Crippen molar-refractivity contribution in [2.45, 2.75) is 12.5 Å². The minimum atomic E-state index is -3.59. The van der Waals surface area contributed by atoms with Crippen LogP contribution >= 0.6 is 0 Å². The van der Waals surface area contributed by atoms with Crippen LogP contribution in [-0.4, -0.2) is 14.0 Å². The highest BCUT2D eigenvalue weighted by Crippen LogP contribution is 2.29. The molecule has 2 aliphatic rings. The molecule has 0 bridgehead atoms. The van der Waals surface area contributed by atoms with E-state index in [1.807, 2.05) is 0 Å². The van der Waals surface area contributed by atoms with Crippen LogP contribution in [0.15, 0.2) is 35.3 Å². The highest BCUT2D eigenvalue weighted by atomic mass is 32.2. The van der Waals surface area contributed by atoms with E-state index in [0.717, 1.165) is 0 Å². The zero-order valence-electron chi connectivity index (χ0n) is 8.11. The van der Waals surface area contributed by atoms with Gasteiger partial charge < -0.3 is 11.5 Å². The maximum Gasteiger partial charge on any atom is 0.322 e. The van der Waals surface area contributed by atoms with Crippen LogP contribution in [0.3, 0.4) is 0 Å². The first kappa shape index (κ1) is 10.1. The molecule has 0 aromatic carbocycles. The number of nitrogens with one attached hydrogen (secondary N) is 2. The molecule has 82 valence electrons. The molecule has 6 N–H and O–H groups in total. The summed E-state index contributed by atoms with van der Waals surface area (Å²) in [5.74, 6) is 0.0642. The summed E-state index contributed by atoms with van der Waals surface area (Å²) < 4.78 is 27.1. The van der Waals surface area contributed by atoms with E-state index in [-0.39, 0.29) is 5.82 Å². The Labute approximate surface area is 87.9 Å². The normalized spacial score (nSPS) is 32.5. The smallest absolute Gasteiger partial charge is 0.322 e. The van der Waals surface area contributed by atoms with E-state index in [4.69, 9.17) is 11.5 Å². The van der Waals surface area contributed by atoms with Gasteiger partial charge in [-0.3, -0.25) is 9.44 Å². The summed E-state index contributed by atoms with van der Waals surface area (Å²) in [4.78, 5) is 0. The predicted octanol–water partition coefficient (Wildman–Crippen LogP) is -1.23. The van der Waals surface area contributed by atoms with Crippen molar-refractivity contribution >= 4 is 10.2 Å². The van der Waals surface area contributed by atoms with Crippen molar-refractivity contribution in [2.75, 3.05) is 0 Å². The molecule has 0 saturated heterocycles. The van der Waals surface area contributed by atoms with Crippen molar-refractivity contribution in [3.63, 3.8) is 0 Å². The Bertz CT molecular complexity index is 499. The van der Waals surface area contributed by atoms with Crippen LogP contribution in [0, 0.1) is 0 Å². The SMILES string of the molecule is CC1(N)C=CC=C2NS(=O)(=O)NC(N)=C21. The Morgan fingerprint density at radius 2 is 2.07 bits per heavy atom. The summed E-state index contributed by atoms with van der Waals surface area (Å²) >= 11 is 0. The fourth-order valence-electron chi connectivity index (χ4n) is 1.69. The zero-order chi connectivity index (χ0) is 11.3. The number of hydrogen-bond donors (Lipinski definition) is 4. The lowest BCUT2D eigenvalue weighted by atomic mass is 9.86. The van der Waals surface area contributed by atoms with Gasteiger partial charge in [0.25, 0.3) is 0 Å². The second-order valence-corrected chi connectivity index (χ2v) is 5.13. The van der Waals surface area contributed by atoms with Gasteiger partial charge in [0, 0.05) is 5.57 Å². The first-order valence-corrected chi connectivity index (χ1v) is 5.80. The van der Waals surface area contributed by atoms with Crippen LogP contribution in [0.4, 0.5) is 0 Å². The number of fused-ring (bicyclic) bond motifs is 1. The predicted molar refractivity (Wildman–Crippen MR) is 56.2 cm³/mol. The summed E-state index contributed by atoms with van der Waals surface area (Å²) in [6.45, 7) is 1.75. The molecule has 0 aromatic heterocycles. The van der Waals surface area contributed by atoms with Crippen LogP contribution in [-0.2, 0) is 10.2 Å². The highest BCUT2D eigenvalue weighted by Gasteiger charge is 2.34. The molecule has 0 radical (unpaired) electrons. The van der Waals surface area contributed by atoms with Gasteiger partial charge >= 0.3 is 10.2 Å². The molecule has 1 aliphatic heterocycles. The molecule has 1 aliphatic carbocycles. The molecule has 7 heteroatoms. The van der Waals surface area contributed by atoms with E-state index < -0.39 is 15.7 Å². The average Bonchev–Trinajstić information content (AvgIpc) is 1.97. The van der Waals surface area contributed by atoms with Crippen molar-refractivity contribution in [3.05, 3.63) is 35.3 Å². The molecule has 2 rings (SSSR count). The largest absolute Gasteiger partial charge is 0.384 e. The summed E-state index contributed by atoms with van der Waals surface area (Å²) in [5.41, 5.74) is 11.8. The quantitative estimate of drug-likeness (QED) is 0.416. The molecular formula is C8H12N4O2S. The van der Waals surface area contributed by atoms with Crippen LogP contribution < -0.4 is 20.9 Å². The van der Waals surface area contributed by atoms with Crippen molar-refractivity contribution in [1.29, 1.82) is 0 Å². The lowest BCUT2D eigenvalue weighted by molar-refractivity contribution is 0.568. The Morgan fingerprint density at radius 3 is 2.73 bits per heavy atom. The Balaban J connectivity index is 2.62. The average molecular weight is 228 g/mol. The Morgan fingerprint density at radius 1 is 1.40 bits per heavy atom. The summed E-state index contributed by atoms with van der Waals surface area (Å²) in [5, 5.41) is 0. The minimum Gasteiger partial charge on any atom is -0.384 e. The van der Waals surface area contributed by atoms with Crippen molar-refractivity contribution < 1.29 is 8.42 Å². The summed E-state index contributed by atoms with van der Waals surface area (Å²) in [6.07, 6.45) is 5.06. The summed E-state index contributed by atoms with van der Waals surface area (Å²) in [6, 6.07) is 0. The van der Waals surface area contributed by atoms with Gasteiger partial charge in [-0.1, -0.05) is 12.2 Å². The third-order valence-corrected chi connectivity index (χ3v) is 3.25. The third-order valence-electron chi connectivity index (χ3n) is 2.27. The van der Waals surface area contributed by atoms with E-state index >= 15 is 0 Å². The van der Waals surface area contributed by atoms with Gasteiger partial charge in [0.2, 0.25) is 0 Å². The van der Waals surface area contributed by atoms with Crippen LogP contribution in [0.5, 0.6) is 0 Å². The lowest BCUT2D eigenvalue weighted by Gasteiger charge is -2.34. The minimum absolute atomic E-state index is 0.0642. The first-order valence-electron chi connectivity index (χ1n) is 4.31. The van der Waals surface area contributed by atoms with Crippen LogP contribution in [0.25, 0.3) is 0 Å². The molecule has 15 heavy (non-hydrogen) atoms. The van der Waals surface area contributed by atoms with Gasteiger partial charge in [0.15, 0.2) is 0 Å². The maximum atomic E-state index is 11.3. The molecule has 0 fully saturated rings. The van der Waals surface area contributed by atoms with Gasteiger partial charge in [0.05, 0.1) is 11.2 Å². The van der Waals surface area contributed by atoms with Crippen molar-refractivity contribution in [3.8, 4) is 0 Å². The number of rotatable bonds is 0. The molecule has 6 nitrogen and oxygen atoms in total. The van der Waals surface area contributed by atoms with E-state index in [1.54, 1.807) is 25.2 Å². The molecule has 0 aromatic rings. The Hall–Kier alpha value is -1.47. The molecule has 0 spiro atoms. The van der Waals surface area contributed by atoms with E-state index in [0.29, 0.717) is 11.3 Å². The molecule has 0 saturated carbocycles. The molecule has 0 amide bonds. The van der Waals surface area contributed by atoms with Gasteiger partial charge in [0.1, 0.15) is 5.82 Å². The Kier molecular flexibility index (Phi) is 1.86. The van der Waals surface area contributed by atoms with Gasteiger partial charge in [-0.05, 0) is 13.0 Å². The molecule has 1 heterocycles. The fourth-order valence-corrected chi connectivity index (χ4v) is 2.59.